The Kier molecular flexibility index (Phi) is 9.75. The van der Waals surface area contributed by atoms with Crippen molar-refractivity contribution < 1.29 is 0 Å². The topological polar surface area (TPSA) is 78.9 Å². The summed E-state index contributed by atoms with van der Waals surface area (Å²) in [7, 11) is 2.12. The van der Waals surface area contributed by atoms with Crippen molar-refractivity contribution in [3.05, 3.63) is 97.7 Å². The van der Waals surface area contributed by atoms with Crippen molar-refractivity contribution >= 4 is 22.5 Å². The maximum atomic E-state index is 5.01. The Hall–Kier alpha value is -4.10. The Labute approximate surface area is 232 Å². The molecule has 202 valence electrons. The number of aromatic nitrogens is 4. The molecule has 4 heterocycles. The van der Waals surface area contributed by atoms with Gasteiger partial charge >= 0.3 is 0 Å². The van der Waals surface area contributed by atoms with Gasteiger partial charge in [0.25, 0.3) is 0 Å². The van der Waals surface area contributed by atoms with Crippen LogP contribution >= 0.6 is 0 Å². The number of anilines is 2. The molecule has 1 saturated heterocycles. The third-order valence-electron chi connectivity index (χ3n) is 6.78. The first-order valence-electron chi connectivity index (χ1n) is 13.6. The molecule has 0 bridgehead atoms. The van der Waals surface area contributed by atoms with Crippen LogP contribution in [0.25, 0.3) is 22.3 Å². The van der Waals surface area contributed by atoms with E-state index in [1.807, 2.05) is 37.3 Å². The maximum Gasteiger partial charge on any atom is 0.162 e. The SMILES string of the molecule is C1CC1.C=C/C(C)=C(C=C)/C=C\C(=C)Nc1cc(-c2nc(N(C)C3CCNCC3)c3ccncc3n2)ccn1. The quantitative estimate of drug-likeness (QED) is 0.307. The molecule has 1 aliphatic heterocycles. The van der Waals surface area contributed by atoms with Gasteiger partial charge < -0.3 is 15.5 Å². The van der Waals surface area contributed by atoms with Gasteiger partial charge in [-0.15, -0.1) is 0 Å². The van der Waals surface area contributed by atoms with E-state index in [1.54, 1.807) is 30.7 Å². The van der Waals surface area contributed by atoms with E-state index in [9.17, 15) is 0 Å². The highest BCUT2D eigenvalue weighted by atomic mass is 15.2. The number of nitrogens with one attached hydrogen (secondary N) is 2. The van der Waals surface area contributed by atoms with Gasteiger partial charge in [0.15, 0.2) is 5.82 Å². The lowest BCUT2D eigenvalue weighted by molar-refractivity contribution is 0.442. The summed E-state index contributed by atoms with van der Waals surface area (Å²) in [5.41, 5.74) is 4.41. The van der Waals surface area contributed by atoms with E-state index in [0.29, 0.717) is 23.4 Å². The van der Waals surface area contributed by atoms with Crippen molar-refractivity contribution in [2.24, 2.45) is 0 Å². The first kappa shape index (κ1) is 27.9. The van der Waals surface area contributed by atoms with E-state index in [-0.39, 0.29) is 0 Å². The Morgan fingerprint density at radius 2 is 1.82 bits per heavy atom. The van der Waals surface area contributed by atoms with Crippen LogP contribution in [0, 0.1) is 0 Å². The van der Waals surface area contributed by atoms with Gasteiger partial charge in [-0.3, -0.25) is 4.98 Å². The predicted molar refractivity (Wildman–Crippen MR) is 164 cm³/mol. The van der Waals surface area contributed by atoms with Gasteiger partial charge in [0, 0.05) is 42.1 Å². The number of hydrogen-bond acceptors (Lipinski definition) is 7. The van der Waals surface area contributed by atoms with E-state index in [4.69, 9.17) is 9.97 Å². The molecule has 3 aromatic rings. The summed E-state index contributed by atoms with van der Waals surface area (Å²) in [5.74, 6) is 2.22. The average molecular weight is 522 g/mol. The summed E-state index contributed by atoms with van der Waals surface area (Å²) in [4.78, 5) is 20.9. The molecule has 0 atom stereocenters. The lowest BCUT2D eigenvalue weighted by atomic mass is 10.0. The third kappa shape index (κ3) is 7.71. The molecule has 0 unspecified atom stereocenters. The van der Waals surface area contributed by atoms with Crippen LogP contribution in [0.1, 0.15) is 39.0 Å². The molecule has 7 heteroatoms. The number of pyridine rings is 2. The molecular formula is C32H39N7. The minimum absolute atomic E-state index is 0.425. The second-order valence-electron chi connectivity index (χ2n) is 9.88. The summed E-state index contributed by atoms with van der Waals surface area (Å²) in [5, 5.41) is 7.69. The van der Waals surface area contributed by atoms with Crippen LogP contribution in [-0.2, 0) is 0 Å². The number of fused-ring (bicyclic) bond motifs is 1. The summed E-state index contributed by atoms with van der Waals surface area (Å²) in [6.07, 6.45) is 19.4. The number of hydrogen-bond donors (Lipinski definition) is 2. The van der Waals surface area contributed by atoms with E-state index < -0.39 is 0 Å². The van der Waals surface area contributed by atoms with Crippen LogP contribution in [0.5, 0.6) is 0 Å². The fraction of sp³-hybridized carbons (Fsp3) is 0.312. The fourth-order valence-corrected chi connectivity index (χ4v) is 4.24. The Balaban J connectivity index is 0.00000110. The Morgan fingerprint density at radius 3 is 2.51 bits per heavy atom. The van der Waals surface area contributed by atoms with Crippen LogP contribution in [0.2, 0.25) is 0 Å². The number of allylic oxidation sites excluding steroid dienone is 6. The molecule has 5 rings (SSSR count). The van der Waals surface area contributed by atoms with E-state index in [0.717, 1.165) is 59.4 Å². The summed E-state index contributed by atoms with van der Waals surface area (Å²) in [6, 6.07) is 6.27. The van der Waals surface area contributed by atoms with Crippen molar-refractivity contribution in [3.63, 3.8) is 0 Å². The first-order valence-corrected chi connectivity index (χ1v) is 13.6. The molecule has 0 radical (unpaired) electrons. The van der Waals surface area contributed by atoms with Gasteiger partial charge in [0.05, 0.1) is 11.7 Å². The van der Waals surface area contributed by atoms with Gasteiger partial charge in [0.1, 0.15) is 11.6 Å². The van der Waals surface area contributed by atoms with Gasteiger partial charge in [-0.05, 0) is 68.3 Å². The van der Waals surface area contributed by atoms with Crippen molar-refractivity contribution in [2.45, 2.75) is 45.1 Å². The molecule has 0 aromatic carbocycles. The summed E-state index contributed by atoms with van der Waals surface area (Å²) in [6.45, 7) is 15.8. The van der Waals surface area contributed by atoms with Gasteiger partial charge in [0.2, 0.25) is 0 Å². The monoisotopic (exact) mass is 521 g/mol. The smallest absolute Gasteiger partial charge is 0.162 e. The zero-order chi connectivity index (χ0) is 27.6. The standard InChI is InChI=1S/C29H33N7.C3H6/c1-6-20(3)22(7-2)9-8-21(4)33-27-18-23(10-17-32-27)28-34-26-19-31-16-13-25(26)29(35-28)36(5)24-11-14-30-15-12-24;1-2-3-1/h6-10,13,16-19,24,30H,1-2,4,11-12,14-15H2,3,5H3,(H,32,33);1-3H2/b9-8-,22-20+;. The fourth-order valence-electron chi connectivity index (χ4n) is 4.24. The molecule has 2 N–H and O–H groups in total. The highest BCUT2D eigenvalue weighted by molar-refractivity contribution is 5.90. The maximum absolute atomic E-state index is 5.01. The van der Waals surface area contributed by atoms with Gasteiger partial charge in [-0.2, -0.15) is 0 Å². The second kappa shape index (κ2) is 13.6. The highest BCUT2D eigenvalue weighted by Crippen LogP contribution is 2.29. The molecule has 2 fully saturated rings. The van der Waals surface area contributed by atoms with Crippen molar-refractivity contribution in [1.29, 1.82) is 0 Å². The summed E-state index contributed by atoms with van der Waals surface area (Å²) >= 11 is 0. The number of rotatable bonds is 9. The zero-order valence-corrected chi connectivity index (χ0v) is 23.2. The van der Waals surface area contributed by atoms with Crippen LogP contribution in [0.4, 0.5) is 11.6 Å². The van der Waals surface area contributed by atoms with Gasteiger partial charge in [-0.1, -0.05) is 57.2 Å². The number of piperidine rings is 1. The molecule has 3 aromatic heterocycles. The largest absolute Gasteiger partial charge is 0.356 e. The van der Waals surface area contributed by atoms with E-state index in [1.165, 1.54) is 19.3 Å². The number of nitrogens with zero attached hydrogens (tertiary/aromatic N) is 5. The lowest BCUT2D eigenvalue weighted by Crippen LogP contribution is -2.41. The van der Waals surface area contributed by atoms with E-state index >= 15 is 0 Å². The van der Waals surface area contributed by atoms with Crippen molar-refractivity contribution in [2.75, 3.05) is 30.4 Å². The molecule has 1 saturated carbocycles. The molecule has 1 aliphatic carbocycles. The van der Waals surface area contributed by atoms with Crippen LogP contribution < -0.4 is 15.5 Å². The minimum atomic E-state index is 0.425. The normalized spacial score (nSPS) is 15.6. The third-order valence-corrected chi connectivity index (χ3v) is 6.78. The van der Waals surface area contributed by atoms with Crippen molar-refractivity contribution in [1.82, 2.24) is 25.3 Å². The highest BCUT2D eigenvalue weighted by Gasteiger charge is 2.22. The predicted octanol–water partition coefficient (Wildman–Crippen LogP) is 6.62. The first-order chi connectivity index (χ1) is 19.0. The minimum Gasteiger partial charge on any atom is -0.356 e. The Morgan fingerprint density at radius 1 is 1.05 bits per heavy atom. The molecule has 0 amide bonds. The lowest BCUT2D eigenvalue weighted by Gasteiger charge is -2.33. The van der Waals surface area contributed by atoms with Crippen molar-refractivity contribution in [3.8, 4) is 11.4 Å². The molecule has 39 heavy (non-hydrogen) atoms. The molecule has 7 nitrogen and oxygen atoms in total. The van der Waals surface area contributed by atoms with E-state index in [2.05, 4.69) is 52.3 Å². The van der Waals surface area contributed by atoms with Crippen LogP contribution in [0.15, 0.2) is 97.7 Å². The molecule has 0 spiro atoms. The Bertz CT molecular complexity index is 1380. The molecular weight excluding hydrogens is 482 g/mol. The molecule has 2 aliphatic rings. The summed E-state index contributed by atoms with van der Waals surface area (Å²) < 4.78 is 0. The second-order valence-corrected chi connectivity index (χ2v) is 9.88. The van der Waals surface area contributed by atoms with Crippen LogP contribution in [0.3, 0.4) is 0 Å². The zero-order valence-electron chi connectivity index (χ0n) is 23.2. The van der Waals surface area contributed by atoms with Crippen LogP contribution in [-0.4, -0.2) is 46.1 Å². The average Bonchev–Trinajstić information content (AvgIpc) is 3.87. The van der Waals surface area contributed by atoms with Gasteiger partial charge in [-0.25, -0.2) is 15.0 Å².